The second kappa shape index (κ2) is 4.37. The minimum absolute atomic E-state index is 0.468. The summed E-state index contributed by atoms with van der Waals surface area (Å²) in [6.45, 7) is 0.867. The van der Waals surface area contributed by atoms with E-state index >= 15 is 0 Å². The zero-order chi connectivity index (χ0) is 10.8. The van der Waals surface area contributed by atoms with Crippen molar-refractivity contribution in [3.63, 3.8) is 0 Å². The topological polar surface area (TPSA) is 47.0 Å². The van der Waals surface area contributed by atoms with E-state index in [1.807, 2.05) is 6.07 Å². The van der Waals surface area contributed by atoms with Gasteiger partial charge in [-0.15, -0.1) is 0 Å². The Kier molecular flexibility index (Phi) is 2.74. The van der Waals surface area contributed by atoms with Gasteiger partial charge in [-0.2, -0.15) is 0 Å². The van der Waals surface area contributed by atoms with Crippen molar-refractivity contribution in [3.8, 4) is 0 Å². The number of nitrogens with one attached hydrogen (secondary N) is 1. The molecule has 0 amide bonds. The third-order valence-corrected chi connectivity index (χ3v) is 3.36. The van der Waals surface area contributed by atoms with Crippen molar-refractivity contribution in [1.29, 1.82) is 0 Å². The molecule has 4 nitrogen and oxygen atoms in total. The fraction of sp³-hybridized carbons (Fsp3) is 0.667. The Balaban J connectivity index is 1.58. The number of anilines is 1. The van der Waals surface area contributed by atoms with Gasteiger partial charge in [0.25, 0.3) is 0 Å². The molecule has 2 aliphatic rings. The summed E-state index contributed by atoms with van der Waals surface area (Å²) in [4.78, 5) is 8.39. The number of rotatable bonds is 3. The average Bonchev–Trinajstić information content (AvgIpc) is 3.15. The van der Waals surface area contributed by atoms with E-state index in [0.29, 0.717) is 12.1 Å². The Morgan fingerprint density at radius 2 is 2.00 bits per heavy atom. The molecule has 1 saturated carbocycles. The van der Waals surface area contributed by atoms with E-state index in [1.165, 1.54) is 12.8 Å². The van der Waals surface area contributed by atoms with Gasteiger partial charge >= 0.3 is 0 Å². The fourth-order valence-electron chi connectivity index (χ4n) is 2.31. The van der Waals surface area contributed by atoms with Crippen LogP contribution in [0.5, 0.6) is 0 Å². The lowest BCUT2D eigenvalue weighted by atomic mass is 10.0. The number of hydrogen-bond donors (Lipinski definition) is 1. The summed E-state index contributed by atoms with van der Waals surface area (Å²) in [6.07, 6.45) is 8.86. The van der Waals surface area contributed by atoms with Crippen molar-refractivity contribution in [2.24, 2.45) is 5.92 Å². The van der Waals surface area contributed by atoms with Crippen molar-refractivity contribution in [3.05, 3.63) is 18.5 Å². The van der Waals surface area contributed by atoms with Crippen LogP contribution in [0.4, 0.5) is 5.95 Å². The van der Waals surface area contributed by atoms with E-state index in [9.17, 15) is 0 Å². The molecule has 3 rings (SSSR count). The highest BCUT2D eigenvalue weighted by molar-refractivity contribution is 5.24. The van der Waals surface area contributed by atoms with Gasteiger partial charge in [0.05, 0.1) is 6.10 Å². The highest BCUT2D eigenvalue weighted by Crippen LogP contribution is 2.38. The molecular formula is C12H17N3O. The van der Waals surface area contributed by atoms with Crippen LogP contribution in [0, 0.1) is 5.92 Å². The standard InChI is InChI=1S/C12H17N3O/c1-5-13-12(14-6-1)15-10-4-7-16-11(8-10)9-2-3-9/h1,5-6,9-11H,2-4,7-8H2,(H,13,14,15). The van der Waals surface area contributed by atoms with Crippen molar-refractivity contribution in [2.45, 2.75) is 37.8 Å². The molecule has 1 aromatic heterocycles. The van der Waals surface area contributed by atoms with Crippen LogP contribution in [0.1, 0.15) is 25.7 Å². The van der Waals surface area contributed by atoms with Crippen LogP contribution in [0.2, 0.25) is 0 Å². The minimum Gasteiger partial charge on any atom is -0.378 e. The Morgan fingerprint density at radius 1 is 1.19 bits per heavy atom. The molecule has 1 N–H and O–H groups in total. The van der Waals surface area contributed by atoms with Crippen LogP contribution >= 0.6 is 0 Å². The van der Waals surface area contributed by atoms with Crippen LogP contribution in [0.15, 0.2) is 18.5 Å². The molecule has 4 heteroatoms. The molecule has 2 fully saturated rings. The predicted octanol–water partition coefficient (Wildman–Crippen LogP) is 1.85. The Labute approximate surface area is 95.4 Å². The first-order valence-electron chi connectivity index (χ1n) is 6.07. The van der Waals surface area contributed by atoms with Crippen LogP contribution in [-0.4, -0.2) is 28.7 Å². The number of aromatic nitrogens is 2. The molecular weight excluding hydrogens is 202 g/mol. The van der Waals surface area contributed by atoms with Gasteiger partial charge in [-0.3, -0.25) is 0 Å². The van der Waals surface area contributed by atoms with E-state index < -0.39 is 0 Å². The molecule has 1 saturated heterocycles. The largest absolute Gasteiger partial charge is 0.378 e. The van der Waals surface area contributed by atoms with E-state index in [2.05, 4.69) is 15.3 Å². The Morgan fingerprint density at radius 3 is 2.75 bits per heavy atom. The maximum atomic E-state index is 5.79. The highest BCUT2D eigenvalue weighted by Gasteiger charge is 2.35. The van der Waals surface area contributed by atoms with E-state index in [1.54, 1.807) is 12.4 Å². The van der Waals surface area contributed by atoms with Gasteiger partial charge in [0.2, 0.25) is 5.95 Å². The smallest absolute Gasteiger partial charge is 0.222 e. The summed E-state index contributed by atoms with van der Waals surface area (Å²) in [5.74, 6) is 1.56. The summed E-state index contributed by atoms with van der Waals surface area (Å²) in [5.41, 5.74) is 0. The molecule has 0 aromatic carbocycles. The molecule has 2 heterocycles. The quantitative estimate of drug-likeness (QED) is 0.842. The highest BCUT2D eigenvalue weighted by atomic mass is 16.5. The Hall–Kier alpha value is -1.16. The van der Waals surface area contributed by atoms with Crippen LogP contribution in [0.3, 0.4) is 0 Å². The van der Waals surface area contributed by atoms with Gasteiger partial charge in [0.1, 0.15) is 0 Å². The zero-order valence-corrected chi connectivity index (χ0v) is 9.30. The monoisotopic (exact) mass is 219 g/mol. The van der Waals surface area contributed by atoms with Crippen molar-refractivity contribution >= 4 is 5.95 Å². The molecule has 0 radical (unpaired) electrons. The maximum Gasteiger partial charge on any atom is 0.222 e. The lowest BCUT2D eigenvalue weighted by molar-refractivity contribution is -0.00228. The van der Waals surface area contributed by atoms with Gasteiger partial charge in [-0.25, -0.2) is 9.97 Å². The molecule has 1 aliphatic carbocycles. The van der Waals surface area contributed by atoms with Crippen LogP contribution < -0.4 is 5.32 Å². The lowest BCUT2D eigenvalue weighted by Crippen LogP contribution is -2.35. The molecule has 0 spiro atoms. The van der Waals surface area contributed by atoms with Gasteiger partial charge < -0.3 is 10.1 Å². The number of nitrogens with zero attached hydrogens (tertiary/aromatic N) is 2. The van der Waals surface area contributed by atoms with Gasteiger partial charge in [0, 0.05) is 25.0 Å². The average molecular weight is 219 g/mol. The van der Waals surface area contributed by atoms with Crippen LogP contribution in [0.25, 0.3) is 0 Å². The third kappa shape index (κ3) is 2.32. The normalized spacial score (nSPS) is 30.0. The van der Waals surface area contributed by atoms with E-state index in [4.69, 9.17) is 4.74 Å². The molecule has 2 unspecified atom stereocenters. The second-order valence-corrected chi connectivity index (χ2v) is 4.68. The van der Waals surface area contributed by atoms with Gasteiger partial charge in [0.15, 0.2) is 0 Å². The molecule has 2 atom stereocenters. The van der Waals surface area contributed by atoms with Crippen molar-refractivity contribution in [2.75, 3.05) is 11.9 Å². The summed E-state index contributed by atoms with van der Waals surface area (Å²) in [5, 5.41) is 3.39. The van der Waals surface area contributed by atoms with Crippen LogP contribution in [-0.2, 0) is 4.74 Å². The van der Waals surface area contributed by atoms with Gasteiger partial charge in [-0.05, 0) is 37.7 Å². The van der Waals surface area contributed by atoms with E-state index in [0.717, 1.165) is 31.3 Å². The van der Waals surface area contributed by atoms with Crippen molar-refractivity contribution < 1.29 is 4.74 Å². The maximum absolute atomic E-state index is 5.79. The second-order valence-electron chi connectivity index (χ2n) is 4.68. The minimum atomic E-state index is 0.468. The predicted molar refractivity (Wildman–Crippen MR) is 61.1 cm³/mol. The molecule has 1 aliphatic heterocycles. The van der Waals surface area contributed by atoms with Gasteiger partial charge in [-0.1, -0.05) is 0 Å². The zero-order valence-electron chi connectivity index (χ0n) is 9.30. The SMILES string of the molecule is c1cnc(NC2CCOC(C3CC3)C2)nc1. The molecule has 86 valence electrons. The number of ether oxygens (including phenoxy) is 1. The summed E-state index contributed by atoms with van der Waals surface area (Å²) in [6, 6.07) is 2.31. The lowest BCUT2D eigenvalue weighted by Gasteiger charge is -2.30. The summed E-state index contributed by atoms with van der Waals surface area (Å²) < 4.78 is 5.79. The first-order valence-corrected chi connectivity index (χ1v) is 6.07. The molecule has 16 heavy (non-hydrogen) atoms. The summed E-state index contributed by atoms with van der Waals surface area (Å²) >= 11 is 0. The van der Waals surface area contributed by atoms with E-state index in [-0.39, 0.29) is 0 Å². The number of hydrogen-bond acceptors (Lipinski definition) is 4. The fourth-order valence-corrected chi connectivity index (χ4v) is 2.31. The third-order valence-electron chi connectivity index (χ3n) is 3.36. The first kappa shape index (κ1) is 10.0. The van der Waals surface area contributed by atoms with Crippen molar-refractivity contribution in [1.82, 2.24) is 9.97 Å². The summed E-state index contributed by atoms with van der Waals surface area (Å²) in [7, 11) is 0. The first-order chi connectivity index (χ1) is 7.92. The molecule has 0 bridgehead atoms. The molecule has 1 aromatic rings. The Bertz CT molecular complexity index is 339.